The molecule has 16 heavy (non-hydrogen) atoms. The van der Waals surface area contributed by atoms with E-state index in [1.807, 2.05) is 6.07 Å². The van der Waals surface area contributed by atoms with Crippen LogP contribution < -0.4 is 0 Å². The number of benzene rings is 1. The van der Waals surface area contributed by atoms with Crippen molar-refractivity contribution in [1.29, 1.82) is 0 Å². The average Bonchev–Trinajstić information content (AvgIpc) is 2.20. The topological polar surface area (TPSA) is 0 Å². The Bertz CT molecular complexity index is 332. The summed E-state index contributed by atoms with van der Waals surface area (Å²) < 4.78 is 0. The highest BCUT2D eigenvalue weighted by Crippen LogP contribution is 2.22. The first-order valence-corrected chi connectivity index (χ1v) is 6.71. The van der Waals surface area contributed by atoms with E-state index in [1.54, 1.807) is 0 Å². The first-order chi connectivity index (χ1) is 7.50. The molecule has 0 heterocycles. The van der Waals surface area contributed by atoms with Crippen LogP contribution in [0.25, 0.3) is 0 Å². The molecule has 0 aliphatic heterocycles. The molecule has 0 N–H and O–H groups in total. The molecule has 90 valence electrons. The van der Waals surface area contributed by atoms with Crippen molar-refractivity contribution in [3.05, 3.63) is 34.3 Å². The molecule has 0 aliphatic rings. The van der Waals surface area contributed by atoms with Crippen LogP contribution in [0.3, 0.4) is 0 Å². The molecule has 1 aromatic rings. The van der Waals surface area contributed by atoms with Crippen LogP contribution in [0.2, 0.25) is 5.02 Å². The molecule has 2 heteroatoms. The van der Waals surface area contributed by atoms with Crippen LogP contribution in [0.15, 0.2) is 18.2 Å². The summed E-state index contributed by atoms with van der Waals surface area (Å²) in [4.78, 5) is 0. The van der Waals surface area contributed by atoms with Gasteiger partial charge in [0.2, 0.25) is 0 Å². The predicted molar refractivity (Wildman–Crippen MR) is 73.6 cm³/mol. The molecule has 0 aromatic heterocycles. The first kappa shape index (κ1) is 13.9. The molecule has 0 fully saturated rings. The van der Waals surface area contributed by atoms with Crippen LogP contribution >= 0.6 is 23.2 Å². The molecule has 0 nitrogen and oxygen atoms in total. The molecular weight excluding hydrogens is 239 g/mol. The highest BCUT2D eigenvalue weighted by molar-refractivity contribution is 6.31. The Morgan fingerprint density at radius 1 is 1.25 bits per heavy atom. The van der Waals surface area contributed by atoms with Crippen molar-refractivity contribution in [3.63, 3.8) is 0 Å². The van der Waals surface area contributed by atoms with Crippen LogP contribution in [-0.4, -0.2) is 5.38 Å². The van der Waals surface area contributed by atoms with E-state index in [1.165, 1.54) is 11.1 Å². The smallest absolute Gasteiger partial charge is 0.0440 e. The molecule has 1 rings (SSSR count). The van der Waals surface area contributed by atoms with Gasteiger partial charge in [0.05, 0.1) is 0 Å². The summed E-state index contributed by atoms with van der Waals surface area (Å²) in [7, 11) is 0. The van der Waals surface area contributed by atoms with Crippen molar-refractivity contribution in [3.8, 4) is 0 Å². The minimum Gasteiger partial charge on any atom is -0.123 e. The third kappa shape index (κ3) is 4.35. The number of rotatable bonds is 5. The highest BCUT2D eigenvalue weighted by Gasteiger charge is 2.09. The molecule has 0 amide bonds. The summed E-state index contributed by atoms with van der Waals surface area (Å²) in [5, 5.41) is 1.17. The monoisotopic (exact) mass is 258 g/mol. The van der Waals surface area contributed by atoms with Gasteiger partial charge in [0.25, 0.3) is 0 Å². The van der Waals surface area contributed by atoms with Crippen LogP contribution in [-0.2, 0) is 6.42 Å². The minimum absolute atomic E-state index is 0.282. The maximum Gasteiger partial charge on any atom is 0.0440 e. The molecule has 1 aromatic carbocycles. The fourth-order valence-electron chi connectivity index (χ4n) is 1.68. The van der Waals surface area contributed by atoms with Gasteiger partial charge in [-0.3, -0.25) is 0 Å². The summed E-state index contributed by atoms with van der Waals surface area (Å²) >= 11 is 12.4. The molecule has 0 saturated heterocycles. The Hall–Kier alpha value is -0.200. The van der Waals surface area contributed by atoms with Gasteiger partial charge in [0.1, 0.15) is 0 Å². The number of halogens is 2. The predicted octanol–water partition coefficient (Wildman–Crippen LogP) is 5.23. The van der Waals surface area contributed by atoms with E-state index in [2.05, 4.69) is 32.9 Å². The second-order valence-electron chi connectivity index (χ2n) is 4.75. The van der Waals surface area contributed by atoms with E-state index < -0.39 is 0 Å². The van der Waals surface area contributed by atoms with Gasteiger partial charge in [-0.2, -0.15) is 0 Å². The zero-order valence-corrected chi connectivity index (χ0v) is 11.8. The normalized spacial score (nSPS) is 13.1. The summed E-state index contributed by atoms with van der Waals surface area (Å²) in [6.07, 6.45) is 3.19. The van der Waals surface area contributed by atoms with Gasteiger partial charge < -0.3 is 0 Å². The van der Waals surface area contributed by atoms with Crippen molar-refractivity contribution in [2.24, 2.45) is 5.92 Å². The zero-order chi connectivity index (χ0) is 12.1. The third-order valence-electron chi connectivity index (χ3n) is 2.86. The van der Waals surface area contributed by atoms with Crippen LogP contribution in [0, 0.1) is 12.8 Å². The van der Waals surface area contributed by atoms with Crippen molar-refractivity contribution in [1.82, 2.24) is 0 Å². The lowest BCUT2D eigenvalue weighted by atomic mass is 10.0. The molecule has 0 radical (unpaired) electrons. The van der Waals surface area contributed by atoms with Crippen LogP contribution in [0.5, 0.6) is 0 Å². The number of hydrogen-bond acceptors (Lipinski definition) is 0. The maximum atomic E-state index is 6.21. The lowest BCUT2D eigenvalue weighted by Crippen LogP contribution is -2.07. The molecule has 0 saturated carbocycles. The zero-order valence-electron chi connectivity index (χ0n) is 10.3. The fourth-order valence-corrected chi connectivity index (χ4v) is 2.16. The first-order valence-electron chi connectivity index (χ1n) is 5.90. The maximum absolute atomic E-state index is 6.21. The second kappa shape index (κ2) is 6.51. The van der Waals surface area contributed by atoms with Gasteiger partial charge in [-0.15, -0.1) is 11.6 Å². The van der Waals surface area contributed by atoms with Gasteiger partial charge in [-0.25, -0.2) is 0 Å². The minimum atomic E-state index is 0.282. The second-order valence-corrected chi connectivity index (χ2v) is 5.71. The van der Waals surface area contributed by atoms with Crippen LogP contribution in [0.4, 0.5) is 0 Å². The Balaban J connectivity index is 2.43. The van der Waals surface area contributed by atoms with E-state index in [9.17, 15) is 0 Å². The standard InChI is InChI=1S/C14H20Cl2/c1-10(2)13(15)6-4-5-12-8-7-11(3)9-14(12)16/h7-10,13H,4-6H2,1-3H3. The van der Waals surface area contributed by atoms with E-state index in [0.717, 1.165) is 24.3 Å². The molecular formula is C14H20Cl2. The Morgan fingerprint density at radius 3 is 2.50 bits per heavy atom. The molecule has 0 spiro atoms. The van der Waals surface area contributed by atoms with E-state index in [4.69, 9.17) is 23.2 Å². The molecule has 0 bridgehead atoms. The third-order valence-corrected chi connectivity index (χ3v) is 3.93. The van der Waals surface area contributed by atoms with E-state index in [0.29, 0.717) is 5.92 Å². The van der Waals surface area contributed by atoms with E-state index in [-0.39, 0.29) is 5.38 Å². The Morgan fingerprint density at radius 2 is 1.94 bits per heavy atom. The van der Waals surface area contributed by atoms with Gasteiger partial charge in [-0.05, 0) is 49.3 Å². The van der Waals surface area contributed by atoms with Gasteiger partial charge in [-0.1, -0.05) is 37.6 Å². The van der Waals surface area contributed by atoms with E-state index >= 15 is 0 Å². The Kier molecular flexibility index (Phi) is 5.64. The number of hydrogen-bond donors (Lipinski definition) is 0. The molecule has 0 aliphatic carbocycles. The average molecular weight is 259 g/mol. The SMILES string of the molecule is Cc1ccc(CCCC(Cl)C(C)C)c(Cl)c1. The summed E-state index contributed by atoms with van der Waals surface area (Å²) in [5.74, 6) is 0.551. The van der Waals surface area contributed by atoms with Crippen molar-refractivity contribution < 1.29 is 0 Å². The fraction of sp³-hybridized carbons (Fsp3) is 0.571. The number of aryl methyl sites for hydroxylation is 2. The van der Waals surface area contributed by atoms with Crippen molar-refractivity contribution in [2.75, 3.05) is 0 Å². The van der Waals surface area contributed by atoms with Crippen molar-refractivity contribution in [2.45, 2.75) is 45.4 Å². The quantitative estimate of drug-likeness (QED) is 0.635. The summed E-state index contributed by atoms with van der Waals surface area (Å²) in [6, 6.07) is 6.26. The lowest BCUT2D eigenvalue weighted by molar-refractivity contribution is 0.547. The van der Waals surface area contributed by atoms with Gasteiger partial charge >= 0.3 is 0 Å². The summed E-state index contributed by atoms with van der Waals surface area (Å²) in [6.45, 7) is 6.39. The molecule has 1 atom stereocenters. The highest BCUT2D eigenvalue weighted by atomic mass is 35.5. The van der Waals surface area contributed by atoms with Crippen molar-refractivity contribution >= 4 is 23.2 Å². The lowest BCUT2D eigenvalue weighted by Gasteiger charge is -2.13. The largest absolute Gasteiger partial charge is 0.123 e. The summed E-state index contributed by atoms with van der Waals surface area (Å²) in [5.41, 5.74) is 2.45. The number of alkyl halides is 1. The Labute approximate surface area is 109 Å². The van der Waals surface area contributed by atoms with Gasteiger partial charge in [0.15, 0.2) is 0 Å². The van der Waals surface area contributed by atoms with Crippen LogP contribution in [0.1, 0.15) is 37.8 Å². The molecule has 1 unspecified atom stereocenters. The van der Waals surface area contributed by atoms with Gasteiger partial charge in [0, 0.05) is 10.4 Å².